The molecule has 44 heavy (non-hydrogen) atoms. The molecule has 13 heteroatoms. The Morgan fingerprint density at radius 2 is 1.11 bits per heavy atom. The van der Waals surface area contributed by atoms with E-state index in [4.69, 9.17) is 19.5 Å². The van der Waals surface area contributed by atoms with E-state index in [0.29, 0.717) is 58.7 Å². The average Bonchev–Trinajstić information content (AvgIpc) is 2.95. The maximum atomic E-state index is 12.8. The van der Waals surface area contributed by atoms with E-state index >= 15 is 0 Å². The topological polar surface area (TPSA) is 164 Å². The number of ether oxygens (including phenoxy) is 1. The molecule has 0 bridgehead atoms. The summed E-state index contributed by atoms with van der Waals surface area (Å²) in [6.07, 6.45) is 7.11. The summed E-state index contributed by atoms with van der Waals surface area (Å²) >= 11 is 0. The molecule has 0 rings (SSSR count). The van der Waals surface area contributed by atoms with Crippen LogP contribution in [0.2, 0.25) is 0 Å². The van der Waals surface area contributed by atoms with Crippen LogP contribution >= 0.6 is 0 Å². The second-order valence-corrected chi connectivity index (χ2v) is 11.7. The predicted molar refractivity (Wildman–Crippen MR) is 166 cm³/mol. The van der Waals surface area contributed by atoms with E-state index in [1.54, 1.807) is 0 Å². The van der Waals surface area contributed by atoms with Gasteiger partial charge in [-0.3, -0.25) is 28.9 Å². The van der Waals surface area contributed by atoms with Crippen LogP contribution in [-0.2, 0) is 33.6 Å². The first kappa shape index (κ1) is 41.1. The Labute approximate surface area is 263 Å². The van der Waals surface area contributed by atoms with Crippen LogP contribution in [0, 0.1) is 0 Å². The average molecular weight is 631 g/mol. The Morgan fingerprint density at radius 3 is 1.57 bits per heavy atom. The molecule has 0 radical (unpaired) electrons. The van der Waals surface area contributed by atoms with Crippen LogP contribution in [-0.4, -0.2) is 90.0 Å². The van der Waals surface area contributed by atoms with Crippen LogP contribution < -0.4 is 10.6 Å². The summed E-state index contributed by atoms with van der Waals surface area (Å²) in [5.74, 6) is -1.82. The number of rotatable bonds is 26. The van der Waals surface area contributed by atoms with E-state index in [1.807, 2.05) is 34.6 Å². The fourth-order valence-electron chi connectivity index (χ4n) is 3.78. The van der Waals surface area contributed by atoms with Gasteiger partial charge in [0.1, 0.15) is 5.60 Å². The molecule has 0 spiro atoms. The van der Waals surface area contributed by atoms with Gasteiger partial charge in [0, 0.05) is 45.4 Å². The highest BCUT2D eigenvalue weighted by Crippen LogP contribution is 2.09. The molecule has 0 aliphatic rings. The van der Waals surface area contributed by atoms with E-state index in [-0.39, 0.29) is 43.4 Å². The van der Waals surface area contributed by atoms with Gasteiger partial charge in [0.05, 0.1) is 19.6 Å². The highest BCUT2D eigenvalue weighted by atomic mass is 16.7. The Balaban J connectivity index is 4.34. The number of hydroxylamine groups is 4. The Bertz CT molecular complexity index is 833. The first-order chi connectivity index (χ1) is 20.9. The minimum absolute atomic E-state index is 0.0423. The van der Waals surface area contributed by atoms with Crippen molar-refractivity contribution in [1.29, 1.82) is 0 Å². The van der Waals surface area contributed by atoms with Crippen molar-refractivity contribution >= 4 is 29.8 Å². The molecule has 3 N–H and O–H groups in total. The summed E-state index contributed by atoms with van der Waals surface area (Å²) in [6, 6.07) is 0. The third-order valence-corrected chi connectivity index (χ3v) is 6.23. The molecule has 13 nitrogen and oxygen atoms in total. The number of hydrogen-bond donors (Lipinski definition) is 3. The van der Waals surface area contributed by atoms with Crippen molar-refractivity contribution in [2.24, 2.45) is 0 Å². The number of carboxylic acid groups (broad SMARTS) is 1. The number of hydrogen-bond acceptors (Lipinski definition) is 8. The summed E-state index contributed by atoms with van der Waals surface area (Å²) in [6.45, 7) is 12.0. The number of amides is 4. The van der Waals surface area contributed by atoms with Crippen molar-refractivity contribution in [3.05, 3.63) is 0 Å². The van der Waals surface area contributed by atoms with E-state index in [0.717, 1.165) is 44.9 Å². The number of nitrogens with one attached hydrogen (secondary N) is 2. The molecular formula is C31H58N4O9. The van der Waals surface area contributed by atoms with Crippen molar-refractivity contribution in [3.8, 4) is 0 Å². The molecule has 0 aromatic rings. The molecule has 0 saturated heterocycles. The normalized spacial score (nSPS) is 11.1. The number of unbranched alkanes of at least 4 members (excludes halogenated alkanes) is 6. The SMILES string of the molecule is CCCCON(CCCCCNC(=O)CCC(=O)N(CCCCCNC(=O)OC(C)(C)C)OCCCC)C(=O)CCC(=O)O. The molecule has 0 aromatic carbocycles. The lowest BCUT2D eigenvalue weighted by atomic mass is 10.2. The molecule has 0 unspecified atom stereocenters. The second kappa shape index (κ2) is 25.4. The third-order valence-electron chi connectivity index (χ3n) is 6.23. The quantitative estimate of drug-likeness (QED) is 0.0905. The molecule has 0 aromatic heterocycles. The Hall–Kier alpha value is -2.93. The smallest absolute Gasteiger partial charge is 0.407 e. The first-order valence-corrected chi connectivity index (χ1v) is 16.2. The highest BCUT2D eigenvalue weighted by molar-refractivity contribution is 5.83. The maximum Gasteiger partial charge on any atom is 0.407 e. The van der Waals surface area contributed by atoms with Gasteiger partial charge in [-0.05, 0) is 72.1 Å². The van der Waals surface area contributed by atoms with Gasteiger partial charge >= 0.3 is 12.1 Å². The summed E-state index contributed by atoms with van der Waals surface area (Å²) in [4.78, 5) is 71.1. The molecule has 0 aliphatic carbocycles. The van der Waals surface area contributed by atoms with Crippen molar-refractivity contribution in [2.45, 2.75) is 130 Å². The van der Waals surface area contributed by atoms with E-state index in [2.05, 4.69) is 10.6 Å². The van der Waals surface area contributed by atoms with E-state index in [1.165, 1.54) is 10.1 Å². The van der Waals surface area contributed by atoms with Crippen molar-refractivity contribution in [3.63, 3.8) is 0 Å². The zero-order chi connectivity index (χ0) is 33.2. The maximum absolute atomic E-state index is 12.8. The molecule has 0 atom stereocenters. The summed E-state index contributed by atoms with van der Waals surface area (Å²) in [5.41, 5.74) is -0.543. The lowest BCUT2D eigenvalue weighted by molar-refractivity contribution is -0.188. The summed E-state index contributed by atoms with van der Waals surface area (Å²) in [7, 11) is 0. The number of carbonyl (C=O) groups is 5. The van der Waals surface area contributed by atoms with Crippen LogP contribution in [0.3, 0.4) is 0 Å². The molecule has 0 heterocycles. The number of alkyl carbamates (subject to hydrolysis) is 1. The van der Waals surface area contributed by atoms with Gasteiger partial charge in [-0.15, -0.1) is 0 Å². The van der Waals surface area contributed by atoms with Gasteiger partial charge < -0.3 is 20.5 Å². The fourth-order valence-corrected chi connectivity index (χ4v) is 3.78. The first-order valence-electron chi connectivity index (χ1n) is 16.2. The molecule has 0 saturated carbocycles. The Morgan fingerprint density at radius 1 is 0.636 bits per heavy atom. The van der Waals surface area contributed by atoms with Gasteiger partial charge in [-0.1, -0.05) is 26.7 Å². The van der Waals surface area contributed by atoms with Gasteiger partial charge in [0.15, 0.2) is 0 Å². The molecule has 256 valence electrons. The van der Waals surface area contributed by atoms with Crippen LogP contribution in [0.1, 0.15) is 125 Å². The lowest BCUT2D eigenvalue weighted by Gasteiger charge is -2.22. The van der Waals surface area contributed by atoms with Crippen LogP contribution in [0.25, 0.3) is 0 Å². The van der Waals surface area contributed by atoms with E-state index < -0.39 is 17.7 Å². The van der Waals surface area contributed by atoms with Crippen LogP contribution in [0.15, 0.2) is 0 Å². The highest BCUT2D eigenvalue weighted by Gasteiger charge is 2.18. The number of aliphatic carboxylic acids is 1. The summed E-state index contributed by atoms with van der Waals surface area (Å²) < 4.78 is 5.21. The lowest BCUT2D eigenvalue weighted by Crippen LogP contribution is -2.34. The zero-order valence-corrected chi connectivity index (χ0v) is 27.7. The predicted octanol–water partition coefficient (Wildman–Crippen LogP) is 4.73. The monoisotopic (exact) mass is 630 g/mol. The van der Waals surface area contributed by atoms with Crippen molar-refractivity contribution in [1.82, 2.24) is 20.8 Å². The fraction of sp³-hybridized carbons (Fsp3) is 0.839. The second-order valence-electron chi connectivity index (χ2n) is 11.7. The van der Waals surface area contributed by atoms with Crippen molar-refractivity contribution < 1.29 is 43.5 Å². The number of nitrogens with zero attached hydrogens (tertiary/aromatic N) is 2. The Kier molecular flexibility index (Phi) is 23.7. The molecule has 0 aliphatic heterocycles. The van der Waals surface area contributed by atoms with Gasteiger partial charge in [-0.25, -0.2) is 14.9 Å². The van der Waals surface area contributed by atoms with Crippen LogP contribution in [0.5, 0.6) is 0 Å². The molecule has 0 fully saturated rings. The van der Waals surface area contributed by atoms with Crippen molar-refractivity contribution in [2.75, 3.05) is 39.4 Å². The van der Waals surface area contributed by atoms with Crippen LogP contribution in [0.4, 0.5) is 4.79 Å². The standard InChI is InChI=1S/C31H58N4O9/c1-6-8-24-42-34(22-15-11-13-21-33-30(41)44-31(3,4)5)27(37)17-16-26(36)32-20-12-10-14-23-35(43-25-9-7-2)28(38)18-19-29(39)40/h6-25H2,1-5H3,(H,32,36)(H,33,41)(H,39,40). The minimum Gasteiger partial charge on any atom is -0.481 e. The zero-order valence-electron chi connectivity index (χ0n) is 27.7. The third kappa shape index (κ3) is 24.5. The number of carbonyl (C=O) groups excluding carboxylic acids is 4. The van der Waals surface area contributed by atoms with E-state index in [9.17, 15) is 24.0 Å². The molecule has 4 amide bonds. The minimum atomic E-state index is -1.03. The largest absolute Gasteiger partial charge is 0.481 e. The summed E-state index contributed by atoms with van der Waals surface area (Å²) in [5, 5.41) is 17.0. The van der Waals surface area contributed by atoms with Gasteiger partial charge in [-0.2, -0.15) is 0 Å². The van der Waals surface area contributed by atoms with Gasteiger partial charge in [0.25, 0.3) is 0 Å². The molecular weight excluding hydrogens is 572 g/mol. The van der Waals surface area contributed by atoms with Gasteiger partial charge in [0.2, 0.25) is 17.7 Å². The number of carboxylic acids is 1.